The second kappa shape index (κ2) is 6.53. The van der Waals surface area contributed by atoms with Crippen molar-refractivity contribution in [2.24, 2.45) is 0 Å². The molecule has 2 rings (SSSR count). The van der Waals surface area contributed by atoms with E-state index in [0.29, 0.717) is 18.6 Å². The van der Waals surface area contributed by atoms with Crippen molar-refractivity contribution in [3.05, 3.63) is 29.9 Å². The Kier molecular flexibility index (Phi) is 4.73. The van der Waals surface area contributed by atoms with Gasteiger partial charge in [0, 0.05) is 25.4 Å². The van der Waals surface area contributed by atoms with Gasteiger partial charge in [-0.25, -0.2) is 4.98 Å². The fraction of sp³-hybridized carbons (Fsp3) is 0.600. The molecule has 0 radical (unpaired) electrons. The van der Waals surface area contributed by atoms with Crippen molar-refractivity contribution in [1.29, 1.82) is 0 Å². The van der Waals surface area contributed by atoms with Gasteiger partial charge in [-0.1, -0.05) is 18.6 Å². The lowest BCUT2D eigenvalue weighted by Gasteiger charge is -2.12. The molecular weight excluding hydrogens is 224 g/mol. The number of ketones is 1. The molecule has 1 aromatic heterocycles. The van der Waals surface area contributed by atoms with E-state index < -0.39 is 0 Å². The van der Waals surface area contributed by atoms with Gasteiger partial charge < -0.3 is 4.57 Å². The van der Waals surface area contributed by atoms with E-state index in [-0.39, 0.29) is 0 Å². The third-order valence-electron chi connectivity index (χ3n) is 3.43. The van der Waals surface area contributed by atoms with Crippen LogP contribution in [-0.2, 0) is 17.8 Å². The summed E-state index contributed by atoms with van der Waals surface area (Å²) < 4.78 is 2.09. The number of hydrogen-bond donors (Lipinski definition) is 0. The van der Waals surface area contributed by atoms with E-state index in [4.69, 9.17) is 0 Å². The number of carbonyl (C=O) groups excluding carboxylic acids is 1. The maximum Gasteiger partial charge on any atom is 0.144 e. The van der Waals surface area contributed by atoms with Crippen LogP contribution in [0.5, 0.6) is 0 Å². The molecule has 0 atom stereocenters. The van der Waals surface area contributed by atoms with Crippen molar-refractivity contribution in [2.75, 3.05) is 0 Å². The molecule has 0 bridgehead atoms. The molecule has 0 amide bonds. The van der Waals surface area contributed by atoms with E-state index in [1.165, 1.54) is 18.4 Å². The van der Waals surface area contributed by atoms with Gasteiger partial charge in [0.25, 0.3) is 0 Å². The molecule has 0 fully saturated rings. The van der Waals surface area contributed by atoms with Crippen LogP contribution in [0.15, 0.2) is 24.0 Å². The molecule has 1 aromatic rings. The molecular formula is C15H22N2O. The molecule has 0 aromatic carbocycles. The van der Waals surface area contributed by atoms with Gasteiger partial charge in [0.05, 0.1) is 6.42 Å². The van der Waals surface area contributed by atoms with Gasteiger partial charge in [-0.2, -0.15) is 0 Å². The maximum atomic E-state index is 12.0. The monoisotopic (exact) mass is 246 g/mol. The van der Waals surface area contributed by atoms with Crippen molar-refractivity contribution in [2.45, 2.75) is 58.4 Å². The largest absolute Gasteiger partial charge is 0.335 e. The summed E-state index contributed by atoms with van der Waals surface area (Å²) in [6.45, 7) is 3.09. The number of allylic oxidation sites excluding steroid dienone is 2. The Balaban J connectivity index is 1.90. The summed E-state index contributed by atoms with van der Waals surface area (Å²) >= 11 is 0. The second-order valence-electron chi connectivity index (χ2n) is 5.04. The third-order valence-corrected chi connectivity index (χ3v) is 3.43. The topological polar surface area (TPSA) is 34.9 Å². The van der Waals surface area contributed by atoms with Gasteiger partial charge in [-0.15, -0.1) is 0 Å². The molecule has 3 heteroatoms. The van der Waals surface area contributed by atoms with Crippen LogP contribution in [0.2, 0.25) is 0 Å². The minimum Gasteiger partial charge on any atom is -0.335 e. The number of Topliss-reactive ketones (excluding diaryl/α,β-unsaturated/α-hetero) is 1. The average Bonchev–Trinajstić information content (AvgIpc) is 2.78. The second-order valence-corrected chi connectivity index (χ2v) is 5.04. The molecule has 0 spiro atoms. The van der Waals surface area contributed by atoms with Crippen molar-refractivity contribution in [1.82, 2.24) is 9.55 Å². The number of aromatic nitrogens is 2. The summed E-state index contributed by atoms with van der Waals surface area (Å²) in [5.41, 5.74) is 1.33. The number of aryl methyl sites for hydroxylation is 1. The van der Waals surface area contributed by atoms with E-state index >= 15 is 0 Å². The van der Waals surface area contributed by atoms with Crippen LogP contribution in [0.3, 0.4) is 0 Å². The van der Waals surface area contributed by atoms with Crippen LogP contribution in [0, 0.1) is 0 Å². The highest BCUT2D eigenvalue weighted by molar-refractivity contribution is 5.82. The zero-order chi connectivity index (χ0) is 12.8. The maximum absolute atomic E-state index is 12.0. The molecule has 3 nitrogen and oxygen atoms in total. The third kappa shape index (κ3) is 3.56. The fourth-order valence-electron chi connectivity index (χ4n) is 2.51. The van der Waals surface area contributed by atoms with Crippen molar-refractivity contribution < 1.29 is 4.79 Å². The summed E-state index contributed by atoms with van der Waals surface area (Å²) in [6.07, 6.45) is 12.9. The van der Waals surface area contributed by atoms with Crippen LogP contribution in [0.25, 0.3) is 0 Å². The first-order valence-corrected chi connectivity index (χ1v) is 6.99. The molecule has 98 valence electrons. The van der Waals surface area contributed by atoms with Gasteiger partial charge in [-0.3, -0.25) is 4.79 Å². The van der Waals surface area contributed by atoms with Crippen LogP contribution in [-0.4, -0.2) is 15.3 Å². The van der Waals surface area contributed by atoms with E-state index in [9.17, 15) is 4.79 Å². The van der Waals surface area contributed by atoms with Crippen molar-refractivity contribution in [3.63, 3.8) is 0 Å². The lowest BCUT2D eigenvalue weighted by molar-refractivity contribution is -0.118. The molecule has 0 aliphatic heterocycles. The predicted molar refractivity (Wildman–Crippen MR) is 72.4 cm³/mol. The number of hydrogen-bond acceptors (Lipinski definition) is 2. The minimum absolute atomic E-state index is 0.298. The average molecular weight is 246 g/mol. The van der Waals surface area contributed by atoms with Gasteiger partial charge in [0.2, 0.25) is 0 Å². The van der Waals surface area contributed by atoms with Crippen LogP contribution < -0.4 is 0 Å². The van der Waals surface area contributed by atoms with Gasteiger partial charge in [-0.05, 0) is 32.1 Å². The first-order chi connectivity index (χ1) is 8.79. The van der Waals surface area contributed by atoms with Crippen molar-refractivity contribution >= 4 is 5.78 Å². The molecule has 1 aliphatic carbocycles. The van der Waals surface area contributed by atoms with Crippen LogP contribution in [0.1, 0.15) is 51.3 Å². The summed E-state index contributed by atoms with van der Waals surface area (Å²) in [5, 5.41) is 0. The minimum atomic E-state index is 0.298. The summed E-state index contributed by atoms with van der Waals surface area (Å²) in [4.78, 5) is 16.3. The SMILES string of the molecule is CCCn1ccnc1CC(=O)CC1=CCCCC1. The summed E-state index contributed by atoms with van der Waals surface area (Å²) in [6, 6.07) is 0. The van der Waals surface area contributed by atoms with E-state index in [2.05, 4.69) is 22.6 Å². The normalized spacial score (nSPS) is 15.5. The number of imidazole rings is 1. The van der Waals surface area contributed by atoms with Crippen LogP contribution in [0.4, 0.5) is 0 Å². The van der Waals surface area contributed by atoms with Gasteiger partial charge >= 0.3 is 0 Å². The molecule has 1 heterocycles. The standard InChI is InChI=1S/C15H22N2O/c1-2-9-17-10-8-16-15(17)12-14(18)11-13-6-4-3-5-7-13/h6,8,10H,2-5,7,9,11-12H2,1H3. The number of rotatable bonds is 6. The Bertz CT molecular complexity index is 431. The Labute approximate surface area is 109 Å². The summed E-state index contributed by atoms with van der Waals surface area (Å²) in [7, 11) is 0. The molecule has 18 heavy (non-hydrogen) atoms. The van der Waals surface area contributed by atoms with E-state index in [0.717, 1.165) is 31.6 Å². The van der Waals surface area contributed by atoms with Gasteiger partial charge in [0.1, 0.15) is 11.6 Å². The Morgan fingerprint density at radius 3 is 3.00 bits per heavy atom. The summed E-state index contributed by atoms with van der Waals surface area (Å²) in [5.74, 6) is 1.21. The molecule has 1 aliphatic rings. The van der Waals surface area contributed by atoms with E-state index in [1.54, 1.807) is 6.20 Å². The number of carbonyl (C=O) groups is 1. The number of nitrogens with zero attached hydrogens (tertiary/aromatic N) is 2. The Morgan fingerprint density at radius 1 is 1.39 bits per heavy atom. The molecule has 0 N–H and O–H groups in total. The quantitative estimate of drug-likeness (QED) is 0.722. The lowest BCUT2D eigenvalue weighted by Crippen LogP contribution is -2.11. The smallest absolute Gasteiger partial charge is 0.144 e. The zero-order valence-electron chi connectivity index (χ0n) is 11.2. The predicted octanol–water partition coefficient (Wildman–Crippen LogP) is 3.30. The fourth-order valence-corrected chi connectivity index (χ4v) is 2.51. The molecule has 0 saturated heterocycles. The lowest BCUT2D eigenvalue weighted by atomic mass is 9.95. The first kappa shape index (κ1) is 13.1. The Morgan fingerprint density at radius 2 is 2.28 bits per heavy atom. The van der Waals surface area contributed by atoms with Gasteiger partial charge in [0.15, 0.2) is 0 Å². The highest BCUT2D eigenvalue weighted by atomic mass is 16.1. The zero-order valence-corrected chi connectivity index (χ0v) is 11.2. The van der Waals surface area contributed by atoms with Crippen molar-refractivity contribution in [3.8, 4) is 0 Å². The molecule has 0 saturated carbocycles. The first-order valence-electron chi connectivity index (χ1n) is 6.99. The van der Waals surface area contributed by atoms with Crippen LogP contribution >= 0.6 is 0 Å². The Hall–Kier alpha value is -1.38. The highest BCUT2D eigenvalue weighted by Crippen LogP contribution is 2.20. The van der Waals surface area contributed by atoms with E-state index in [1.807, 2.05) is 6.20 Å². The highest BCUT2D eigenvalue weighted by Gasteiger charge is 2.12. The molecule has 0 unspecified atom stereocenters.